The minimum Gasteiger partial charge on any atom is -0.392 e. The molecule has 0 saturated heterocycles. The molecule has 1 fully saturated rings. The van der Waals surface area contributed by atoms with Gasteiger partial charge in [-0.05, 0) is 24.8 Å². The lowest BCUT2D eigenvalue weighted by Gasteiger charge is -2.23. The van der Waals surface area contributed by atoms with E-state index in [9.17, 15) is 22.7 Å². The number of carbonyl (C=O) groups is 1. The first kappa shape index (κ1) is 24.7. The summed E-state index contributed by atoms with van der Waals surface area (Å²) in [4.78, 5) is 12.4. The molecule has 1 saturated carbocycles. The molecule has 1 N–H and O–H groups in total. The van der Waals surface area contributed by atoms with Gasteiger partial charge in [-0.1, -0.05) is 57.2 Å². The maximum Gasteiger partial charge on any atom is 0.267 e. The van der Waals surface area contributed by atoms with Crippen molar-refractivity contribution in [1.29, 1.82) is 0 Å². The number of halogens is 1. The fourth-order valence-electron chi connectivity index (χ4n) is 3.95. The van der Waals surface area contributed by atoms with Crippen molar-refractivity contribution < 1.29 is 26.9 Å². The van der Waals surface area contributed by atoms with Crippen molar-refractivity contribution in [2.45, 2.75) is 64.6 Å². The van der Waals surface area contributed by atoms with Crippen LogP contribution in [0.15, 0.2) is 36.4 Å². The highest BCUT2D eigenvalue weighted by Crippen LogP contribution is 2.44. The molecule has 1 aromatic rings. The largest absolute Gasteiger partial charge is 0.392 e. The second-order valence-electron chi connectivity index (χ2n) is 8.99. The number of carbonyl (C=O) groups excluding carboxylic acids is 1. The van der Waals surface area contributed by atoms with Crippen molar-refractivity contribution in [3.63, 3.8) is 0 Å². The van der Waals surface area contributed by atoms with Crippen molar-refractivity contribution in [3.8, 4) is 0 Å². The van der Waals surface area contributed by atoms with Crippen LogP contribution in [0.5, 0.6) is 0 Å². The van der Waals surface area contributed by atoms with Crippen LogP contribution in [0.3, 0.4) is 0 Å². The highest BCUT2D eigenvalue weighted by molar-refractivity contribution is 7.86. The second-order valence-corrected chi connectivity index (χ2v) is 10.8. The molecule has 168 valence electrons. The maximum absolute atomic E-state index is 14.6. The van der Waals surface area contributed by atoms with Gasteiger partial charge >= 0.3 is 0 Å². The summed E-state index contributed by atoms with van der Waals surface area (Å²) < 4.78 is 41.6. The van der Waals surface area contributed by atoms with Gasteiger partial charge in [0.05, 0.1) is 19.0 Å². The van der Waals surface area contributed by atoms with E-state index in [-0.39, 0.29) is 29.8 Å². The molecule has 0 radical (unpaired) electrons. The normalized spacial score (nSPS) is 25.1. The molecule has 0 amide bonds. The van der Waals surface area contributed by atoms with Gasteiger partial charge in [-0.15, -0.1) is 0 Å². The number of hydrogen-bond donors (Lipinski definition) is 1. The average Bonchev–Trinajstić information content (AvgIpc) is 2.96. The Balaban J connectivity index is 2.02. The number of unbranched alkanes of at least 4 members (excludes halogenated alkanes) is 1. The Morgan fingerprint density at radius 2 is 1.87 bits per heavy atom. The molecule has 2 rings (SSSR count). The molecule has 0 aliphatic heterocycles. The SMILES string of the molecule is COS(=O)(=O)CCC/C=C\CC1C(c2ccc(C(=O)C(C)(C)C)cc2)[C@H](O)C[C@H]1F. The van der Waals surface area contributed by atoms with Crippen LogP contribution in [0, 0.1) is 11.3 Å². The molecule has 2 unspecified atom stereocenters. The molecule has 7 heteroatoms. The topological polar surface area (TPSA) is 80.7 Å². The van der Waals surface area contributed by atoms with Gasteiger partial charge < -0.3 is 5.11 Å². The van der Waals surface area contributed by atoms with Crippen LogP contribution in [-0.4, -0.2) is 44.4 Å². The Labute approximate surface area is 179 Å². The standard InChI is InChI=1S/C23H33FO5S/c1-23(2,3)22(26)17-12-10-16(11-13-17)21-18(19(24)15-20(21)25)9-7-5-6-8-14-30(27,28)29-4/h5,7,10-13,18-21,25H,6,8-9,14-15H2,1-4H3/b7-5-/t18?,19-,20-,21?/m1/s1. The van der Waals surface area contributed by atoms with E-state index in [0.29, 0.717) is 24.8 Å². The fourth-order valence-corrected chi connectivity index (χ4v) is 4.64. The summed E-state index contributed by atoms with van der Waals surface area (Å²) in [5, 5.41) is 10.4. The number of benzene rings is 1. The molecule has 5 nitrogen and oxygen atoms in total. The van der Waals surface area contributed by atoms with Gasteiger partial charge in [0.15, 0.2) is 5.78 Å². The van der Waals surface area contributed by atoms with Crippen molar-refractivity contribution >= 4 is 15.9 Å². The van der Waals surface area contributed by atoms with Gasteiger partial charge in [0.2, 0.25) is 0 Å². The Bertz CT molecular complexity index is 839. The summed E-state index contributed by atoms with van der Waals surface area (Å²) in [6, 6.07) is 7.14. The summed E-state index contributed by atoms with van der Waals surface area (Å²) in [5.41, 5.74) is 0.963. The molecular formula is C23H33FO5S. The Kier molecular flexibility index (Phi) is 8.36. The van der Waals surface area contributed by atoms with E-state index in [2.05, 4.69) is 4.18 Å². The van der Waals surface area contributed by atoms with Gasteiger partial charge in [-0.3, -0.25) is 8.98 Å². The van der Waals surface area contributed by atoms with Crippen LogP contribution in [0.4, 0.5) is 4.39 Å². The first-order valence-corrected chi connectivity index (χ1v) is 11.9. The molecular weight excluding hydrogens is 407 g/mol. The summed E-state index contributed by atoms with van der Waals surface area (Å²) in [6.07, 6.45) is 3.38. The van der Waals surface area contributed by atoms with Crippen LogP contribution < -0.4 is 0 Å². The van der Waals surface area contributed by atoms with E-state index in [1.165, 1.54) is 0 Å². The molecule has 4 atom stereocenters. The van der Waals surface area contributed by atoms with Gasteiger partial charge in [-0.25, -0.2) is 4.39 Å². The van der Waals surface area contributed by atoms with Crippen molar-refractivity contribution in [3.05, 3.63) is 47.5 Å². The minimum atomic E-state index is -3.45. The number of aliphatic hydroxyl groups is 1. The molecule has 0 spiro atoms. The van der Waals surface area contributed by atoms with Crippen molar-refractivity contribution in [2.75, 3.05) is 12.9 Å². The zero-order valence-electron chi connectivity index (χ0n) is 18.2. The van der Waals surface area contributed by atoms with E-state index in [1.807, 2.05) is 45.1 Å². The quantitative estimate of drug-likeness (QED) is 0.266. The first-order chi connectivity index (χ1) is 14.0. The predicted octanol–water partition coefficient (Wildman–Crippen LogP) is 4.42. The number of alkyl halides is 1. The third-order valence-corrected chi connectivity index (χ3v) is 6.94. The molecule has 0 heterocycles. The first-order valence-electron chi connectivity index (χ1n) is 10.4. The third-order valence-electron chi connectivity index (χ3n) is 5.64. The molecule has 1 aliphatic rings. The number of aliphatic hydroxyl groups excluding tert-OH is 1. The number of rotatable bonds is 9. The fraction of sp³-hybridized carbons (Fsp3) is 0.609. The van der Waals surface area contributed by atoms with Gasteiger partial charge in [-0.2, -0.15) is 8.42 Å². The summed E-state index contributed by atoms with van der Waals surface area (Å²) in [5.74, 6) is -0.705. The van der Waals surface area contributed by atoms with Gasteiger partial charge in [0, 0.05) is 29.2 Å². The second kappa shape index (κ2) is 10.2. The molecule has 30 heavy (non-hydrogen) atoms. The van der Waals surface area contributed by atoms with Crippen LogP contribution in [0.25, 0.3) is 0 Å². The van der Waals surface area contributed by atoms with Crippen molar-refractivity contribution in [2.24, 2.45) is 11.3 Å². The monoisotopic (exact) mass is 440 g/mol. The molecule has 0 bridgehead atoms. The highest BCUT2D eigenvalue weighted by atomic mass is 32.2. The third kappa shape index (κ3) is 6.46. The van der Waals surface area contributed by atoms with E-state index in [4.69, 9.17) is 0 Å². The molecule has 1 aliphatic carbocycles. The summed E-state index contributed by atoms with van der Waals surface area (Å²) >= 11 is 0. The van der Waals surface area contributed by atoms with E-state index >= 15 is 0 Å². The number of hydrogen-bond acceptors (Lipinski definition) is 5. The van der Waals surface area contributed by atoms with Crippen LogP contribution in [-0.2, 0) is 14.3 Å². The van der Waals surface area contributed by atoms with E-state index in [0.717, 1.165) is 12.7 Å². The Morgan fingerprint density at radius 1 is 1.23 bits per heavy atom. The van der Waals surface area contributed by atoms with Gasteiger partial charge in [0.1, 0.15) is 6.17 Å². The number of ketones is 1. The van der Waals surface area contributed by atoms with Gasteiger partial charge in [0.25, 0.3) is 10.1 Å². The smallest absolute Gasteiger partial charge is 0.267 e. The van der Waals surface area contributed by atoms with Crippen LogP contribution >= 0.6 is 0 Å². The minimum absolute atomic E-state index is 0.0411. The highest BCUT2D eigenvalue weighted by Gasteiger charge is 2.43. The zero-order valence-corrected chi connectivity index (χ0v) is 19.0. The van der Waals surface area contributed by atoms with E-state index < -0.39 is 27.8 Å². The van der Waals surface area contributed by atoms with Crippen molar-refractivity contribution in [1.82, 2.24) is 0 Å². The molecule has 1 aromatic carbocycles. The summed E-state index contributed by atoms with van der Waals surface area (Å²) in [7, 11) is -2.31. The van der Waals surface area contributed by atoms with E-state index in [1.54, 1.807) is 12.1 Å². The lowest BCUT2D eigenvalue weighted by atomic mass is 9.82. The van der Waals surface area contributed by atoms with Crippen LogP contribution in [0.2, 0.25) is 0 Å². The maximum atomic E-state index is 14.6. The zero-order chi connectivity index (χ0) is 22.5. The summed E-state index contributed by atoms with van der Waals surface area (Å²) in [6.45, 7) is 5.60. The Hall–Kier alpha value is -1.57. The average molecular weight is 441 g/mol. The lowest BCUT2D eigenvalue weighted by Crippen LogP contribution is -2.21. The Morgan fingerprint density at radius 3 is 2.43 bits per heavy atom. The molecule has 0 aromatic heterocycles. The number of Topliss-reactive ketones (excluding diaryl/α,β-unsaturated/α-hetero) is 1. The number of allylic oxidation sites excluding steroid dienone is 2. The predicted molar refractivity (Wildman–Crippen MR) is 116 cm³/mol. The van der Waals surface area contributed by atoms with Crippen LogP contribution in [0.1, 0.15) is 68.3 Å². The lowest BCUT2D eigenvalue weighted by molar-refractivity contribution is 0.0858.